The third-order valence-corrected chi connectivity index (χ3v) is 8.61. The smallest absolute Gasteiger partial charge is 0.144 e. The van der Waals surface area contributed by atoms with Gasteiger partial charge in [-0.3, -0.25) is 0 Å². The Bertz CT molecular complexity index is 1350. The van der Waals surface area contributed by atoms with Crippen LogP contribution in [0, 0.1) is 0 Å². The number of benzene rings is 4. The fourth-order valence-corrected chi connectivity index (χ4v) is 6.47. The fourth-order valence-electron chi connectivity index (χ4n) is 6.09. The van der Waals surface area contributed by atoms with Crippen LogP contribution in [0.1, 0.15) is 71.2 Å². The Morgan fingerprint density at radius 1 is 0.658 bits per heavy atom. The second-order valence-electron chi connectivity index (χ2n) is 10.1. The normalized spacial score (nSPS) is 17.8. The molecule has 190 valence electrons. The van der Waals surface area contributed by atoms with Gasteiger partial charge in [0.1, 0.15) is 0 Å². The molecule has 1 aromatic heterocycles. The van der Waals surface area contributed by atoms with Crippen molar-refractivity contribution in [3.8, 4) is 0 Å². The van der Waals surface area contributed by atoms with E-state index >= 15 is 0 Å². The topological polar surface area (TPSA) is 43.6 Å². The molecule has 4 nitrogen and oxygen atoms in total. The predicted octanol–water partition coefficient (Wildman–Crippen LogP) is 7.85. The first-order valence-corrected chi connectivity index (χ1v) is 14.5. The molecule has 1 fully saturated rings. The van der Waals surface area contributed by atoms with Crippen LogP contribution in [0.15, 0.2) is 115 Å². The molecular weight excluding hydrogens is 532 g/mol. The molecule has 0 spiro atoms. The van der Waals surface area contributed by atoms with Gasteiger partial charge in [-0.15, -0.1) is 15.0 Å². The van der Waals surface area contributed by atoms with Crippen molar-refractivity contribution >= 4 is 15.9 Å². The molecule has 6 rings (SSSR count). The van der Waals surface area contributed by atoms with E-state index in [-0.39, 0.29) is 5.92 Å². The van der Waals surface area contributed by atoms with Crippen LogP contribution in [0.4, 0.5) is 0 Å². The number of aromatic nitrogens is 4. The second kappa shape index (κ2) is 11.0. The third-order valence-electron chi connectivity index (χ3n) is 7.96. The standard InChI is InChI=1S/C33H31BrN4/c34-24-25-20-22-26(23-21-25)30-18-10-11-19-31(30)32-35-37-38(36-32)33(27-12-4-1-5-13-27,28-14-6-2-7-15-28)29-16-8-3-9-17-29/h1-9,12-17,20-23,30-31H,10-11,18-19,24H2/t30-,31+/m0/s1. The zero-order valence-electron chi connectivity index (χ0n) is 21.3. The number of hydrogen-bond acceptors (Lipinski definition) is 3. The number of hydrogen-bond donors (Lipinski definition) is 0. The first kappa shape index (κ1) is 24.7. The summed E-state index contributed by atoms with van der Waals surface area (Å²) in [5, 5.41) is 15.7. The summed E-state index contributed by atoms with van der Waals surface area (Å²) < 4.78 is 0. The average molecular weight is 564 g/mol. The molecule has 38 heavy (non-hydrogen) atoms. The largest absolute Gasteiger partial charge is 0.178 e. The van der Waals surface area contributed by atoms with Gasteiger partial charge in [0.15, 0.2) is 11.4 Å². The highest BCUT2D eigenvalue weighted by Crippen LogP contribution is 2.44. The van der Waals surface area contributed by atoms with E-state index < -0.39 is 5.54 Å². The highest BCUT2D eigenvalue weighted by molar-refractivity contribution is 9.08. The van der Waals surface area contributed by atoms with Crippen molar-refractivity contribution in [1.29, 1.82) is 0 Å². The summed E-state index contributed by atoms with van der Waals surface area (Å²) >= 11 is 3.57. The molecular formula is C33H31BrN4. The number of tetrazole rings is 1. The van der Waals surface area contributed by atoms with Gasteiger partial charge < -0.3 is 0 Å². The Morgan fingerprint density at radius 2 is 1.16 bits per heavy atom. The Kier molecular flexibility index (Phi) is 7.19. The summed E-state index contributed by atoms with van der Waals surface area (Å²) in [6.07, 6.45) is 4.65. The van der Waals surface area contributed by atoms with Crippen LogP contribution in [0.3, 0.4) is 0 Å². The monoisotopic (exact) mass is 562 g/mol. The van der Waals surface area contributed by atoms with Gasteiger partial charge >= 0.3 is 0 Å². The summed E-state index contributed by atoms with van der Waals surface area (Å²) in [5.41, 5.74) is 5.24. The summed E-state index contributed by atoms with van der Waals surface area (Å²) in [6, 6.07) is 40.7. The van der Waals surface area contributed by atoms with Crippen LogP contribution in [-0.2, 0) is 10.9 Å². The second-order valence-corrected chi connectivity index (χ2v) is 10.7. The molecule has 1 aliphatic carbocycles. The predicted molar refractivity (Wildman–Crippen MR) is 155 cm³/mol. The van der Waals surface area contributed by atoms with Crippen molar-refractivity contribution in [3.05, 3.63) is 149 Å². The van der Waals surface area contributed by atoms with Gasteiger partial charge in [-0.05, 0) is 51.8 Å². The van der Waals surface area contributed by atoms with Crippen LogP contribution in [0.2, 0.25) is 0 Å². The number of halogens is 1. The third kappa shape index (κ3) is 4.49. The number of nitrogens with zero attached hydrogens (tertiary/aromatic N) is 4. The zero-order valence-corrected chi connectivity index (χ0v) is 22.9. The average Bonchev–Trinajstić information content (AvgIpc) is 3.50. The molecule has 4 aromatic carbocycles. The molecule has 0 saturated heterocycles. The quantitative estimate of drug-likeness (QED) is 0.150. The van der Waals surface area contributed by atoms with Crippen LogP contribution >= 0.6 is 15.9 Å². The van der Waals surface area contributed by atoms with Crippen molar-refractivity contribution in [2.24, 2.45) is 0 Å². The molecule has 0 amide bonds. The van der Waals surface area contributed by atoms with Gasteiger partial charge in [0.25, 0.3) is 0 Å². The lowest BCUT2D eigenvalue weighted by atomic mass is 9.75. The minimum atomic E-state index is -0.739. The Balaban J connectivity index is 1.50. The van der Waals surface area contributed by atoms with Gasteiger partial charge in [-0.25, -0.2) is 0 Å². The first-order valence-electron chi connectivity index (χ1n) is 13.4. The fraction of sp³-hybridized carbons (Fsp3) is 0.242. The lowest BCUT2D eigenvalue weighted by molar-refractivity contribution is 0.363. The van der Waals surface area contributed by atoms with Gasteiger partial charge in [0.05, 0.1) is 0 Å². The van der Waals surface area contributed by atoms with Crippen LogP contribution in [0.5, 0.6) is 0 Å². The Labute approximate surface area is 232 Å². The Morgan fingerprint density at radius 3 is 1.66 bits per heavy atom. The van der Waals surface area contributed by atoms with E-state index in [1.807, 2.05) is 4.80 Å². The lowest BCUT2D eigenvalue weighted by Gasteiger charge is -2.34. The molecule has 1 aliphatic rings. The lowest BCUT2D eigenvalue weighted by Crippen LogP contribution is -2.39. The number of rotatable bonds is 7. The van der Waals surface area contributed by atoms with E-state index in [1.165, 1.54) is 24.0 Å². The van der Waals surface area contributed by atoms with E-state index in [4.69, 9.17) is 15.4 Å². The molecule has 0 bridgehead atoms. The highest BCUT2D eigenvalue weighted by atomic mass is 79.9. The van der Waals surface area contributed by atoms with E-state index in [1.54, 1.807) is 0 Å². The molecule has 2 atom stereocenters. The molecule has 0 N–H and O–H groups in total. The van der Waals surface area contributed by atoms with Crippen molar-refractivity contribution < 1.29 is 0 Å². The molecule has 0 aliphatic heterocycles. The van der Waals surface area contributed by atoms with Gasteiger partial charge in [-0.1, -0.05) is 144 Å². The van der Waals surface area contributed by atoms with E-state index in [0.29, 0.717) is 5.92 Å². The minimum absolute atomic E-state index is 0.243. The summed E-state index contributed by atoms with van der Waals surface area (Å²) in [7, 11) is 0. The molecule has 1 saturated carbocycles. The van der Waals surface area contributed by atoms with Gasteiger partial charge in [-0.2, -0.15) is 0 Å². The maximum Gasteiger partial charge on any atom is 0.178 e. The van der Waals surface area contributed by atoms with Crippen LogP contribution < -0.4 is 0 Å². The first-order chi connectivity index (χ1) is 18.8. The van der Waals surface area contributed by atoms with Gasteiger partial charge in [0.2, 0.25) is 0 Å². The van der Waals surface area contributed by atoms with E-state index in [2.05, 4.69) is 131 Å². The van der Waals surface area contributed by atoms with Gasteiger partial charge in [0, 0.05) is 11.2 Å². The van der Waals surface area contributed by atoms with Crippen molar-refractivity contribution in [3.63, 3.8) is 0 Å². The van der Waals surface area contributed by atoms with Crippen molar-refractivity contribution in [2.75, 3.05) is 0 Å². The highest BCUT2D eigenvalue weighted by Gasteiger charge is 2.42. The maximum absolute atomic E-state index is 5.23. The molecule has 5 aromatic rings. The van der Waals surface area contributed by atoms with Crippen molar-refractivity contribution in [1.82, 2.24) is 20.2 Å². The molecule has 1 heterocycles. The summed E-state index contributed by atoms with van der Waals surface area (Å²) in [5.74, 6) is 1.48. The molecule has 0 unspecified atom stereocenters. The summed E-state index contributed by atoms with van der Waals surface area (Å²) in [4.78, 5) is 1.86. The number of alkyl halides is 1. The molecule has 0 radical (unpaired) electrons. The summed E-state index contributed by atoms with van der Waals surface area (Å²) in [6.45, 7) is 0. The minimum Gasteiger partial charge on any atom is -0.144 e. The SMILES string of the molecule is BrCc1ccc([C@@H]2CCCC[C@H]2c2nnn(C(c3ccccc3)(c3ccccc3)c3ccccc3)n2)cc1. The molecule has 5 heteroatoms. The Hall–Kier alpha value is -3.57. The maximum atomic E-state index is 5.23. The van der Waals surface area contributed by atoms with E-state index in [0.717, 1.165) is 40.7 Å². The van der Waals surface area contributed by atoms with Crippen molar-refractivity contribution in [2.45, 2.75) is 48.4 Å². The van der Waals surface area contributed by atoms with E-state index in [9.17, 15) is 0 Å². The zero-order chi connectivity index (χ0) is 25.8. The van der Waals surface area contributed by atoms with Crippen LogP contribution in [0.25, 0.3) is 0 Å². The van der Waals surface area contributed by atoms with Crippen LogP contribution in [-0.4, -0.2) is 20.2 Å².